The maximum atomic E-state index is 8.00. The number of hydrogen-bond acceptors (Lipinski definition) is 0. The first-order valence-corrected chi connectivity index (χ1v) is 6.05. The summed E-state index contributed by atoms with van der Waals surface area (Å²) >= 11 is 0. The normalized spacial score (nSPS) is 20.8. The van der Waals surface area contributed by atoms with Gasteiger partial charge in [-0.2, -0.15) is 0 Å². The van der Waals surface area contributed by atoms with Crippen LogP contribution in [0.2, 0.25) is 0 Å². The fraction of sp³-hybridized carbons (Fsp3) is 1.00. The van der Waals surface area contributed by atoms with Crippen molar-refractivity contribution in [2.75, 3.05) is 0 Å². The quantitative estimate of drug-likeness (QED) is 0.558. The van der Waals surface area contributed by atoms with Gasteiger partial charge >= 0.3 is 0 Å². The second-order valence-electron chi connectivity index (χ2n) is 4.50. The van der Waals surface area contributed by atoms with Crippen molar-refractivity contribution in [2.24, 2.45) is 5.92 Å². The van der Waals surface area contributed by atoms with Gasteiger partial charge in [0.05, 0.1) is 0 Å². The molecule has 1 saturated carbocycles. The summed E-state index contributed by atoms with van der Waals surface area (Å²) in [5.74, 6) is 0.752. The van der Waals surface area contributed by atoms with Gasteiger partial charge in [-0.3, -0.25) is 5.73 Å². The summed E-state index contributed by atoms with van der Waals surface area (Å²) < 4.78 is 0. The molecule has 0 heterocycles. The van der Waals surface area contributed by atoms with Gasteiger partial charge in [0.15, 0.2) is 0 Å². The van der Waals surface area contributed by atoms with Crippen LogP contribution in [0.3, 0.4) is 0 Å². The lowest BCUT2D eigenvalue weighted by molar-refractivity contribution is 0.386. The monoisotopic (exact) mass is 182 g/mol. The topological polar surface area (TPSA) is 23.8 Å². The van der Waals surface area contributed by atoms with E-state index in [1.54, 1.807) is 0 Å². The molecule has 0 spiro atoms. The molecule has 0 bridgehead atoms. The highest BCUT2D eigenvalue weighted by Gasteiger charge is 2.21. The van der Waals surface area contributed by atoms with E-state index in [0.29, 0.717) is 0 Å². The second-order valence-corrected chi connectivity index (χ2v) is 4.50. The molecule has 0 aromatic heterocycles. The number of unbranched alkanes of at least 4 members (excludes halogenated alkanes) is 3. The van der Waals surface area contributed by atoms with E-state index in [1.807, 2.05) is 0 Å². The lowest BCUT2D eigenvalue weighted by atomic mass is 9.94. The second kappa shape index (κ2) is 6.42. The third-order valence-electron chi connectivity index (χ3n) is 3.34. The Bertz CT molecular complexity index is 116. The molecule has 1 N–H and O–H groups in total. The molecule has 77 valence electrons. The molecule has 1 nitrogen and oxygen atoms in total. The minimum atomic E-state index is 0.263. The molecular weight excluding hydrogens is 158 g/mol. The minimum absolute atomic E-state index is 0.263. The summed E-state index contributed by atoms with van der Waals surface area (Å²) in [4.78, 5) is 0. The molecule has 1 heteroatoms. The Morgan fingerprint density at radius 2 is 1.85 bits per heavy atom. The summed E-state index contributed by atoms with van der Waals surface area (Å²) in [5.41, 5.74) is 8.00. The molecule has 13 heavy (non-hydrogen) atoms. The largest absolute Gasteiger partial charge is 0.254 e. The highest BCUT2D eigenvalue weighted by atomic mass is 14.6. The van der Waals surface area contributed by atoms with E-state index in [4.69, 9.17) is 5.73 Å². The van der Waals surface area contributed by atoms with Gasteiger partial charge in [-0.25, -0.2) is 0 Å². The number of rotatable bonds is 6. The van der Waals surface area contributed by atoms with Gasteiger partial charge < -0.3 is 0 Å². The molecular formula is C12H24N. The molecule has 1 aliphatic carbocycles. The molecule has 0 aliphatic heterocycles. The highest BCUT2D eigenvalue weighted by Crippen LogP contribution is 2.29. The van der Waals surface area contributed by atoms with Gasteiger partial charge in [0.2, 0.25) is 0 Å². The van der Waals surface area contributed by atoms with Crippen LogP contribution in [-0.2, 0) is 0 Å². The molecule has 1 atom stereocenters. The Morgan fingerprint density at radius 3 is 2.46 bits per heavy atom. The van der Waals surface area contributed by atoms with Gasteiger partial charge in [0.25, 0.3) is 0 Å². The van der Waals surface area contributed by atoms with Crippen molar-refractivity contribution in [3.05, 3.63) is 0 Å². The van der Waals surface area contributed by atoms with E-state index >= 15 is 0 Å². The average molecular weight is 182 g/mol. The van der Waals surface area contributed by atoms with Crippen LogP contribution < -0.4 is 5.73 Å². The van der Waals surface area contributed by atoms with Crippen molar-refractivity contribution in [2.45, 2.75) is 70.8 Å². The van der Waals surface area contributed by atoms with Crippen molar-refractivity contribution in [1.82, 2.24) is 5.73 Å². The Kier molecular flexibility index (Phi) is 5.45. The van der Waals surface area contributed by atoms with Gasteiger partial charge in [-0.05, 0) is 25.2 Å². The van der Waals surface area contributed by atoms with Crippen molar-refractivity contribution in [3.63, 3.8) is 0 Å². The number of nitrogens with one attached hydrogen (secondary N) is 1. The maximum absolute atomic E-state index is 8.00. The first-order chi connectivity index (χ1) is 6.34. The van der Waals surface area contributed by atoms with E-state index in [0.717, 1.165) is 12.3 Å². The molecule has 1 rings (SSSR count). The molecule has 0 saturated heterocycles. The summed E-state index contributed by atoms with van der Waals surface area (Å²) in [6, 6.07) is 0.263. The SMILES string of the molecule is CCCCCCC([NH])C1CCCC1. The Balaban J connectivity index is 1.99. The molecule has 1 unspecified atom stereocenters. The fourth-order valence-electron chi connectivity index (χ4n) is 2.39. The lowest BCUT2D eigenvalue weighted by Crippen LogP contribution is -2.19. The third kappa shape index (κ3) is 4.12. The smallest absolute Gasteiger partial charge is 0.0241 e. The Hall–Kier alpha value is -0.0400. The van der Waals surface area contributed by atoms with Gasteiger partial charge in [-0.15, -0.1) is 0 Å². The van der Waals surface area contributed by atoms with E-state index in [2.05, 4.69) is 6.92 Å². The molecule has 0 amide bonds. The standard InChI is InChI=1S/C12H24N/c1-2-3-4-5-10-12(13)11-8-6-7-9-11/h11-13H,2-10H2,1H3. The van der Waals surface area contributed by atoms with Crippen LogP contribution in [-0.4, -0.2) is 6.04 Å². The van der Waals surface area contributed by atoms with Crippen LogP contribution in [0.25, 0.3) is 0 Å². The van der Waals surface area contributed by atoms with Gasteiger partial charge in [0.1, 0.15) is 0 Å². The average Bonchev–Trinajstić information content (AvgIpc) is 2.65. The van der Waals surface area contributed by atoms with Gasteiger partial charge in [-0.1, -0.05) is 45.4 Å². The first kappa shape index (κ1) is 11.0. The van der Waals surface area contributed by atoms with E-state index < -0.39 is 0 Å². The Labute approximate surface area is 83.1 Å². The van der Waals surface area contributed by atoms with Gasteiger partial charge in [0, 0.05) is 6.04 Å². The summed E-state index contributed by atoms with van der Waals surface area (Å²) in [7, 11) is 0. The first-order valence-electron chi connectivity index (χ1n) is 6.05. The van der Waals surface area contributed by atoms with Crippen LogP contribution in [0.5, 0.6) is 0 Å². The van der Waals surface area contributed by atoms with Crippen molar-refractivity contribution >= 4 is 0 Å². The lowest BCUT2D eigenvalue weighted by Gasteiger charge is -2.17. The minimum Gasteiger partial charge on any atom is -0.254 e. The van der Waals surface area contributed by atoms with Crippen LogP contribution >= 0.6 is 0 Å². The van der Waals surface area contributed by atoms with Crippen LogP contribution in [0.4, 0.5) is 0 Å². The molecule has 1 fully saturated rings. The predicted molar refractivity (Wildman–Crippen MR) is 57.6 cm³/mol. The molecule has 0 aromatic rings. The highest BCUT2D eigenvalue weighted by molar-refractivity contribution is 4.77. The molecule has 0 aromatic carbocycles. The fourth-order valence-corrected chi connectivity index (χ4v) is 2.39. The zero-order valence-electron chi connectivity index (χ0n) is 9.02. The van der Waals surface area contributed by atoms with Crippen LogP contribution in [0.15, 0.2) is 0 Å². The molecule has 1 aliphatic rings. The molecule has 1 radical (unpaired) electrons. The summed E-state index contributed by atoms with van der Waals surface area (Å²) in [5, 5.41) is 0. The van der Waals surface area contributed by atoms with E-state index in [-0.39, 0.29) is 6.04 Å². The Morgan fingerprint density at radius 1 is 1.15 bits per heavy atom. The van der Waals surface area contributed by atoms with Crippen molar-refractivity contribution in [1.29, 1.82) is 0 Å². The van der Waals surface area contributed by atoms with Crippen LogP contribution in [0.1, 0.15) is 64.7 Å². The zero-order chi connectivity index (χ0) is 9.52. The maximum Gasteiger partial charge on any atom is 0.0241 e. The predicted octanol–water partition coefficient (Wildman–Crippen LogP) is 3.80. The number of hydrogen-bond donors (Lipinski definition) is 0. The van der Waals surface area contributed by atoms with Crippen molar-refractivity contribution in [3.8, 4) is 0 Å². The summed E-state index contributed by atoms with van der Waals surface area (Å²) in [6.45, 7) is 2.25. The zero-order valence-corrected chi connectivity index (χ0v) is 9.02. The van der Waals surface area contributed by atoms with Crippen molar-refractivity contribution < 1.29 is 0 Å². The summed E-state index contributed by atoms with van der Waals surface area (Å²) in [6.07, 6.45) is 11.9. The van der Waals surface area contributed by atoms with E-state index in [1.165, 1.54) is 51.4 Å². The van der Waals surface area contributed by atoms with Crippen LogP contribution in [0, 0.1) is 5.92 Å². The third-order valence-corrected chi connectivity index (χ3v) is 3.34. The van der Waals surface area contributed by atoms with E-state index in [9.17, 15) is 0 Å².